The van der Waals surface area contributed by atoms with Crippen molar-refractivity contribution in [3.05, 3.63) is 50.8 Å². The molecule has 7 rings (SSSR count). The summed E-state index contributed by atoms with van der Waals surface area (Å²) in [6.45, 7) is 1.80. The first kappa shape index (κ1) is 22.3. The highest BCUT2D eigenvalue weighted by Gasteiger charge is 2.48. The number of benzene rings is 1. The molecule has 1 fully saturated rings. The zero-order valence-electron chi connectivity index (χ0n) is 19.9. The van der Waals surface area contributed by atoms with Crippen LogP contribution in [0.4, 0.5) is 0 Å². The first-order valence-electron chi connectivity index (χ1n) is 12.2. The van der Waals surface area contributed by atoms with Crippen molar-refractivity contribution in [1.82, 2.24) is 14.9 Å². The third-order valence-electron chi connectivity index (χ3n) is 7.87. The molecule has 0 bridgehead atoms. The Balaban J connectivity index is 1.43. The van der Waals surface area contributed by atoms with Gasteiger partial charge < -0.3 is 34.3 Å². The normalized spacial score (nSPS) is 21.8. The van der Waals surface area contributed by atoms with E-state index in [1.54, 1.807) is 29.7 Å². The Morgan fingerprint density at radius 1 is 1.11 bits per heavy atom. The van der Waals surface area contributed by atoms with Gasteiger partial charge in [0.25, 0.3) is 11.5 Å². The Morgan fingerprint density at radius 2 is 1.86 bits per heavy atom. The van der Waals surface area contributed by atoms with E-state index in [4.69, 9.17) is 19.2 Å². The topological polar surface area (TPSA) is 149 Å². The number of nitrogens with one attached hydrogen (secondary N) is 1. The number of amides is 1. The van der Waals surface area contributed by atoms with E-state index in [1.807, 2.05) is 0 Å². The summed E-state index contributed by atoms with van der Waals surface area (Å²) in [5, 5.41) is 24.9. The Kier molecular flexibility index (Phi) is 4.39. The Morgan fingerprint density at radius 3 is 2.59 bits per heavy atom. The summed E-state index contributed by atoms with van der Waals surface area (Å²) in [4.78, 5) is 43.4. The van der Waals surface area contributed by atoms with E-state index in [-0.39, 0.29) is 49.6 Å². The molecular weight excluding hydrogens is 482 g/mol. The summed E-state index contributed by atoms with van der Waals surface area (Å²) in [6, 6.07) is 5.20. The molecular formula is C26H23N3O8. The fourth-order valence-electron chi connectivity index (χ4n) is 5.43. The number of carbonyl (C=O) groups excluding carboxylic acids is 2. The lowest BCUT2D eigenvalue weighted by Gasteiger charge is -2.31. The standard InChI is InChI=1S/C26H23N3O8/c1-2-26(34)16-6-18-21-14(9-29(18)22(30)15(16)10-35-24(26)32)13(8-27-23(31)25(33)3-4-25)12-5-19-20(37-11-36-19)7-17(12)28-21/h5-7,33-34H,2-4,8-11H2,1H3,(H,27,31)/t26-/m0/s1. The van der Waals surface area contributed by atoms with Crippen LogP contribution in [0.1, 0.15) is 48.4 Å². The molecule has 4 aliphatic rings. The van der Waals surface area contributed by atoms with Gasteiger partial charge in [0.2, 0.25) is 6.79 Å². The first-order valence-corrected chi connectivity index (χ1v) is 12.2. The average molecular weight is 505 g/mol. The van der Waals surface area contributed by atoms with E-state index in [0.29, 0.717) is 41.2 Å². The van der Waals surface area contributed by atoms with E-state index in [1.165, 1.54) is 0 Å². The van der Waals surface area contributed by atoms with Crippen LogP contribution >= 0.6 is 0 Å². The highest BCUT2D eigenvalue weighted by Crippen LogP contribution is 2.43. The van der Waals surface area contributed by atoms with Crippen LogP contribution < -0.4 is 20.3 Å². The molecule has 1 saturated carbocycles. The summed E-state index contributed by atoms with van der Waals surface area (Å²) in [7, 11) is 0. The van der Waals surface area contributed by atoms with Crippen molar-refractivity contribution in [2.24, 2.45) is 0 Å². The summed E-state index contributed by atoms with van der Waals surface area (Å²) in [6.07, 6.45) is 0.879. The van der Waals surface area contributed by atoms with Crippen LogP contribution in [0, 0.1) is 0 Å². The number of esters is 1. The maximum absolute atomic E-state index is 13.5. The minimum absolute atomic E-state index is 0.0450. The van der Waals surface area contributed by atoms with Crippen molar-refractivity contribution in [2.75, 3.05) is 6.79 Å². The maximum atomic E-state index is 13.5. The van der Waals surface area contributed by atoms with Crippen molar-refractivity contribution in [2.45, 2.75) is 57.1 Å². The van der Waals surface area contributed by atoms with Crippen LogP contribution in [0.15, 0.2) is 23.0 Å². The van der Waals surface area contributed by atoms with Crippen molar-refractivity contribution in [3.63, 3.8) is 0 Å². The molecule has 0 spiro atoms. The van der Waals surface area contributed by atoms with Crippen LogP contribution in [-0.4, -0.2) is 44.0 Å². The smallest absolute Gasteiger partial charge is 0.343 e. The first-order chi connectivity index (χ1) is 17.7. The number of ether oxygens (including phenoxy) is 3. The van der Waals surface area contributed by atoms with Crippen LogP contribution in [0.2, 0.25) is 0 Å². The van der Waals surface area contributed by atoms with Crippen molar-refractivity contribution >= 4 is 22.8 Å². The largest absolute Gasteiger partial charge is 0.458 e. The van der Waals surface area contributed by atoms with Crippen LogP contribution in [0.25, 0.3) is 22.3 Å². The number of hydrogen-bond donors (Lipinski definition) is 3. The molecule has 3 aromatic rings. The molecule has 1 atom stereocenters. The van der Waals surface area contributed by atoms with Gasteiger partial charge in [-0.2, -0.15) is 0 Å². The molecule has 37 heavy (non-hydrogen) atoms. The van der Waals surface area contributed by atoms with Crippen molar-refractivity contribution in [3.8, 4) is 22.9 Å². The van der Waals surface area contributed by atoms with Gasteiger partial charge in [0.05, 0.1) is 29.0 Å². The second kappa shape index (κ2) is 7.30. The molecule has 3 aliphatic heterocycles. The number of rotatable bonds is 4. The summed E-state index contributed by atoms with van der Waals surface area (Å²) < 4.78 is 17.8. The van der Waals surface area contributed by atoms with Gasteiger partial charge in [-0.3, -0.25) is 9.59 Å². The Labute approximate surface area is 209 Å². The molecule has 1 aromatic carbocycles. The van der Waals surface area contributed by atoms with E-state index >= 15 is 0 Å². The molecule has 1 amide bonds. The lowest BCUT2D eigenvalue weighted by atomic mass is 9.86. The minimum atomic E-state index is -1.93. The molecule has 0 radical (unpaired) electrons. The lowest BCUT2D eigenvalue weighted by molar-refractivity contribution is -0.172. The Hall–Kier alpha value is -3.96. The zero-order valence-corrected chi connectivity index (χ0v) is 19.9. The van der Waals surface area contributed by atoms with Gasteiger partial charge in [0.1, 0.15) is 12.2 Å². The average Bonchev–Trinajstić information content (AvgIpc) is 3.31. The number of cyclic esters (lactones) is 1. The molecule has 11 heteroatoms. The quantitative estimate of drug-likeness (QED) is 0.345. The number of fused-ring (bicyclic) bond motifs is 6. The predicted octanol–water partition coefficient (Wildman–Crippen LogP) is 0.949. The third-order valence-corrected chi connectivity index (χ3v) is 7.87. The number of carbonyl (C=O) groups is 2. The number of nitrogens with zero attached hydrogens (tertiary/aromatic N) is 2. The van der Waals surface area contributed by atoms with Gasteiger partial charge in [-0.25, -0.2) is 9.78 Å². The predicted molar refractivity (Wildman–Crippen MR) is 127 cm³/mol. The highest BCUT2D eigenvalue weighted by molar-refractivity contribution is 5.92. The monoisotopic (exact) mass is 505 g/mol. The minimum Gasteiger partial charge on any atom is -0.458 e. The van der Waals surface area contributed by atoms with Crippen molar-refractivity contribution in [1.29, 1.82) is 0 Å². The summed E-state index contributed by atoms with van der Waals surface area (Å²) in [5.41, 5.74) is -0.162. The SMILES string of the molecule is CC[C@@]1(O)C(=O)OCc2c1cc1n(c2=O)Cc2c-1nc1cc3c(cc1c2CNC(=O)C1(O)CC1)OCO3. The maximum Gasteiger partial charge on any atom is 0.343 e. The van der Waals surface area contributed by atoms with Gasteiger partial charge in [-0.05, 0) is 37.0 Å². The van der Waals surface area contributed by atoms with E-state index in [2.05, 4.69) is 5.32 Å². The summed E-state index contributed by atoms with van der Waals surface area (Å²) in [5.74, 6) is -0.148. The molecule has 0 saturated heterocycles. The van der Waals surface area contributed by atoms with Gasteiger partial charge in [-0.15, -0.1) is 0 Å². The van der Waals surface area contributed by atoms with Gasteiger partial charge >= 0.3 is 5.97 Å². The second-order valence-corrected chi connectivity index (χ2v) is 9.96. The van der Waals surface area contributed by atoms with Crippen LogP contribution in [-0.2, 0) is 39.6 Å². The number of hydrogen-bond acceptors (Lipinski definition) is 9. The zero-order chi connectivity index (χ0) is 25.7. The fraction of sp³-hybridized carbons (Fsp3) is 0.385. The van der Waals surface area contributed by atoms with Gasteiger partial charge in [0, 0.05) is 29.1 Å². The molecule has 11 nitrogen and oxygen atoms in total. The molecule has 190 valence electrons. The van der Waals surface area contributed by atoms with Crippen molar-refractivity contribution < 1.29 is 34.0 Å². The lowest BCUT2D eigenvalue weighted by Crippen LogP contribution is -2.44. The molecule has 1 aliphatic carbocycles. The molecule has 3 N–H and O–H groups in total. The highest BCUT2D eigenvalue weighted by atomic mass is 16.7. The number of aliphatic hydroxyl groups is 2. The Bertz CT molecular complexity index is 1620. The fourth-order valence-corrected chi connectivity index (χ4v) is 5.43. The number of aromatic nitrogens is 2. The van der Waals surface area contributed by atoms with Gasteiger partial charge in [-0.1, -0.05) is 6.92 Å². The van der Waals surface area contributed by atoms with E-state index in [9.17, 15) is 24.6 Å². The van der Waals surface area contributed by atoms with Gasteiger partial charge in [0.15, 0.2) is 17.1 Å². The summed E-state index contributed by atoms with van der Waals surface area (Å²) >= 11 is 0. The van der Waals surface area contributed by atoms with Crippen LogP contribution in [0.5, 0.6) is 11.5 Å². The van der Waals surface area contributed by atoms with E-state index in [0.717, 1.165) is 16.5 Å². The molecule has 2 aromatic heterocycles. The molecule has 0 unspecified atom stereocenters. The third kappa shape index (κ3) is 3.01. The number of pyridine rings is 2. The molecule has 5 heterocycles. The van der Waals surface area contributed by atoms with E-state index < -0.39 is 23.1 Å². The second-order valence-electron chi connectivity index (χ2n) is 9.96. The van der Waals surface area contributed by atoms with Crippen LogP contribution in [0.3, 0.4) is 0 Å².